The molecule has 302 valence electrons. The molecule has 0 aliphatic heterocycles. The number of para-hydroxylation sites is 3. The zero-order valence-corrected chi connectivity index (χ0v) is 35.6. The second-order valence-electron chi connectivity index (χ2n) is 17.7. The first-order chi connectivity index (χ1) is 31.5. The second kappa shape index (κ2) is 13.9. The van der Waals surface area contributed by atoms with E-state index in [9.17, 15) is 0 Å². The summed E-state index contributed by atoms with van der Waals surface area (Å²) in [5.41, 5.74) is 18.3. The Hall–Kier alpha value is -8.14. The normalized spacial score (nSPS) is 13.0. The molecular weight excluding hydrogens is 777 g/mol. The van der Waals surface area contributed by atoms with Crippen LogP contribution in [0.2, 0.25) is 0 Å². The fraction of sp³-hybridized carbons (Fsp3) is 0.0492. The van der Waals surface area contributed by atoms with Crippen molar-refractivity contribution >= 4 is 71.6 Å². The van der Waals surface area contributed by atoms with Gasteiger partial charge in [0.2, 0.25) is 0 Å². The van der Waals surface area contributed by atoms with Crippen LogP contribution in [-0.2, 0) is 5.41 Å². The molecule has 0 fully saturated rings. The predicted octanol–water partition coefficient (Wildman–Crippen LogP) is 16.9. The molecule has 1 aliphatic rings. The van der Waals surface area contributed by atoms with Crippen LogP contribution in [0.5, 0.6) is 0 Å². The summed E-state index contributed by atoms with van der Waals surface area (Å²) in [6.45, 7) is 4.70. The van der Waals surface area contributed by atoms with Gasteiger partial charge in [0.1, 0.15) is 11.2 Å². The van der Waals surface area contributed by atoms with Crippen molar-refractivity contribution in [1.82, 2.24) is 4.57 Å². The van der Waals surface area contributed by atoms with Gasteiger partial charge in [0, 0.05) is 55.3 Å². The third-order valence-electron chi connectivity index (χ3n) is 13.8. The van der Waals surface area contributed by atoms with Crippen LogP contribution in [0.15, 0.2) is 223 Å². The molecule has 0 amide bonds. The van der Waals surface area contributed by atoms with Gasteiger partial charge < -0.3 is 13.9 Å². The zero-order chi connectivity index (χ0) is 42.5. The number of furan rings is 1. The van der Waals surface area contributed by atoms with Gasteiger partial charge >= 0.3 is 0 Å². The molecule has 0 radical (unpaired) electrons. The van der Waals surface area contributed by atoms with E-state index in [-0.39, 0.29) is 5.41 Å². The highest BCUT2D eigenvalue weighted by molar-refractivity contribution is 6.12. The molecule has 0 N–H and O–H groups in total. The second-order valence-corrected chi connectivity index (χ2v) is 17.7. The van der Waals surface area contributed by atoms with Gasteiger partial charge in [-0.15, -0.1) is 0 Å². The molecule has 2 heterocycles. The lowest BCUT2D eigenvalue weighted by Crippen LogP contribution is -2.14. The summed E-state index contributed by atoms with van der Waals surface area (Å²) < 4.78 is 9.16. The summed E-state index contributed by atoms with van der Waals surface area (Å²) in [6, 6.07) is 79.7. The van der Waals surface area contributed by atoms with Crippen molar-refractivity contribution in [2.45, 2.75) is 19.3 Å². The average Bonchev–Trinajstić information content (AvgIpc) is 3.97. The van der Waals surface area contributed by atoms with Crippen LogP contribution >= 0.6 is 0 Å². The number of hydrogen-bond acceptors (Lipinski definition) is 2. The SMILES string of the molecule is CC1(C)c2ccccc2-c2ccc(-c3cccc(N(c4ccc5ccccc5c4)c4cc(-c5ccc(-n6c7ccccc7c7ccccc76)cc5)c5oc6ccccc6c5c4)c3)cc21. The molecule has 10 aromatic carbocycles. The van der Waals surface area contributed by atoms with Crippen molar-refractivity contribution in [1.29, 1.82) is 0 Å². The standard InChI is InChI=1S/C61H42N2O/c1-61(2)55-22-9-5-18-48(55)49-33-29-43(36-56(49)61)42-16-13-17-45(35-42)62(46-32-26-39-14-3-4-15-41(39)34-46)47-37-53(60-54(38-47)52-21-8-12-25-59(52)64-60)40-27-30-44(31-28-40)63-57-23-10-6-19-50(57)51-20-7-11-24-58(51)63/h3-38H,1-2H3. The van der Waals surface area contributed by atoms with Crippen LogP contribution in [0, 0.1) is 0 Å². The third kappa shape index (κ3) is 5.54. The summed E-state index contributed by atoms with van der Waals surface area (Å²) in [7, 11) is 0. The maximum atomic E-state index is 6.79. The maximum Gasteiger partial charge on any atom is 0.143 e. The number of aromatic nitrogens is 1. The van der Waals surface area contributed by atoms with Gasteiger partial charge in [-0.2, -0.15) is 0 Å². The van der Waals surface area contributed by atoms with Gasteiger partial charge in [0.15, 0.2) is 0 Å². The van der Waals surface area contributed by atoms with E-state index in [1.165, 1.54) is 66.0 Å². The van der Waals surface area contributed by atoms with E-state index in [4.69, 9.17) is 4.42 Å². The Morgan fingerprint density at radius 3 is 1.84 bits per heavy atom. The molecule has 0 saturated heterocycles. The maximum absolute atomic E-state index is 6.79. The molecule has 3 heteroatoms. The minimum Gasteiger partial charge on any atom is -0.455 e. The molecule has 0 unspecified atom stereocenters. The Balaban J connectivity index is 0.996. The topological polar surface area (TPSA) is 21.3 Å². The van der Waals surface area contributed by atoms with Crippen molar-refractivity contribution in [3.8, 4) is 39.1 Å². The first kappa shape index (κ1) is 36.5. The van der Waals surface area contributed by atoms with Crippen molar-refractivity contribution < 1.29 is 4.42 Å². The van der Waals surface area contributed by atoms with Crippen LogP contribution in [0.25, 0.3) is 93.6 Å². The van der Waals surface area contributed by atoms with Gasteiger partial charge in [0.25, 0.3) is 0 Å². The summed E-state index contributed by atoms with van der Waals surface area (Å²) in [6.07, 6.45) is 0. The van der Waals surface area contributed by atoms with E-state index in [1.807, 2.05) is 0 Å². The van der Waals surface area contributed by atoms with Crippen LogP contribution in [0.4, 0.5) is 17.1 Å². The summed E-state index contributed by atoms with van der Waals surface area (Å²) in [4.78, 5) is 2.42. The molecule has 13 rings (SSSR count). The van der Waals surface area contributed by atoms with Gasteiger partial charge in [-0.3, -0.25) is 0 Å². The molecule has 0 bridgehead atoms. The zero-order valence-electron chi connectivity index (χ0n) is 35.6. The van der Waals surface area contributed by atoms with Crippen molar-refractivity contribution in [2.75, 3.05) is 4.90 Å². The van der Waals surface area contributed by atoms with Gasteiger partial charge in [0.05, 0.1) is 11.0 Å². The Morgan fingerprint density at radius 1 is 0.391 bits per heavy atom. The monoisotopic (exact) mass is 818 g/mol. The van der Waals surface area contributed by atoms with Crippen LogP contribution in [0.3, 0.4) is 0 Å². The highest BCUT2D eigenvalue weighted by atomic mass is 16.3. The first-order valence-corrected chi connectivity index (χ1v) is 22.2. The Kier molecular flexibility index (Phi) is 7.95. The highest BCUT2D eigenvalue weighted by Gasteiger charge is 2.35. The summed E-state index contributed by atoms with van der Waals surface area (Å²) in [5.74, 6) is 0. The van der Waals surface area contributed by atoms with Crippen molar-refractivity contribution in [2.24, 2.45) is 0 Å². The van der Waals surface area contributed by atoms with Gasteiger partial charge in [-0.1, -0.05) is 159 Å². The molecule has 0 atom stereocenters. The highest BCUT2D eigenvalue weighted by Crippen LogP contribution is 2.50. The number of hydrogen-bond donors (Lipinski definition) is 0. The minimum absolute atomic E-state index is 0.0858. The molecule has 0 spiro atoms. The van der Waals surface area contributed by atoms with Gasteiger partial charge in [-0.05, 0) is 123 Å². The average molecular weight is 819 g/mol. The number of rotatable bonds is 6. The number of anilines is 3. The quantitative estimate of drug-likeness (QED) is 0.167. The van der Waals surface area contributed by atoms with E-state index >= 15 is 0 Å². The Morgan fingerprint density at radius 2 is 1.03 bits per heavy atom. The molecule has 64 heavy (non-hydrogen) atoms. The van der Waals surface area contributed by atoms with Gasteiger partial charge in [-0.25, -0.2) is 0 Å². The summed E-state index contributed by atoms with van der Waals surface area (Å²) >= 11 is 0. The molecule has 12 aromatic rings. The molecule has 0 saturated carbocycles. The van der Waals surface area contributed by atoms with E-state index in [0.717, 1.165) is 55.8 Å². The fourth-order valence-electron chi connectivity index (χ4n) is 10.6. The van der Waals surface area contributed by atoms with Crippen molar-refractivity contribution in [3.63, 3.8) is 0 Å². The number of fused-ring (bicyclic) bond motifs is 10. The lowest BCUT2D eigenvalue weighted by atomic mass is 9.81. The lowest BCUT2D eigenvalue weighted by Gasteiger charge is -2.27. The smallest absolute Gasteiger partial charge is 0.143 e. The fourth-order valence-corrected chi connectivity index (χ4v) is 10.6. The molecular formula is C61H42N2O. The van der Waals surface area contributed by atoms with Crippen LogP contribution < -0.4 is 4.90 Å². The Labute approximate surface area is 371 Å². The minimum atomic E-state index is -0.0858. The molecule has 3 nitrogen and oxygen atoms in total. The van der Waals surface area contributed by atoms with E-state index in [0.29, 0.717) is 0 Å². The van der Waals surface area contributed by atoms with Crippen molar-refractivity contribution in [3.05, 3.63) is 230 Å². The third-order valence-corrected chi connectivity index (χ3v) is 13.8. The first-order valence-electron chi connectivity index (χ1n) is 22.2. The van der Waals surface area contributed by atoms with Crippen LogP contribution in [-0.4, -0.2) is 4.57 Å². The van der Waals surface area contributed by atoms with E-state index < -0.39 is 0 Å². The molecule has 2 aromatic heterocycles. The lowest BCUT2D eigenvalue weighted by molar-refractivity contribution is 0.660. The van der Waals surface area contributed by atoms with E-state index in [1.54, 1.807) is 0 Å². The number of benzene rings is 10. The Bertz CT molecular complexity index is 3770. The largest absolute Gasteiger partial charge is 0.455 e. The summed E-state index contributed by atoms with van der Waals surface area (Å²) in [5, 5.41) is 7.08. The van der Waals surface area contributed by atoms with E-state index in [2.05, 4.69) is 242 Å². The predicted molar refractivity (Wildman–Crippen MR) is 269 cm³/mol. The molecule has 1 aliphatic carbocycles. The van der Waals surface area contributed by atoms with Crippen LogP contribution in [0.1, 0.15) is 25.0 Å². The number of nitrogens with zero attached hydrogens (tertiary/aromatic N) is 2.